The van der Waals surface area contributed by atoms with Gasteiger partial charge in [0.05, 0.1) is 13.0 Å². The zero-order valence-corrected chi connectivity index (χ0v) is 11.5. The molecule has 0 aliphatic heterocycles. The maximum absolute atomic E-state index is 10.7. The van der Waals surface area contributed by atoms with E-state index in [1.54, 1.807) is 0 Å². The van der Waals surface area contributed by atoms with Gasteiger partial charge >= 0.3 is 5.97 Å². The third kappa shape index (κ3) is 4.22. The lowest BCUT2D eigenvalue weighted by Gasteiger charge is -2.24. The number of nitrogens with two attached hydrogens (primary N) is 1. The predicted octanol–water partition coefficient (Wildman–Crippen LogP) is 1.29. The molecule has 4 N–H and O–H groups in total. The summed E-state index contributed by atoms with van der Waals surface area (Å²) >= 11 is 0. The number of hydrogen-bond acceptors (Lipinski definition) is 4. The smallest absolute Gasteiger partial charge is 0.305 e. The monoisotopic (exact) mass is 266 g/mol. The maximum Gasteiger partial charge on any atom is 0.305 e. The van der Waals surface area contributed by atoms with Gasteiger partial charge in [-0.15, -0.1) is 0 Å². The molecule has 0 aliphatic rings. The Labute approximate surface area is 113 Å². The average molecular weight is 266 g/mol. The molecule has 0 radical (unpaired) electrons. The van der Waals surface area contributed by atoms with Gasteiger partial charge in [-0.3, -0.25) is 4.79 Å². The van der Waals surface area contributed by atoms with Gasteiger partial charge < -0.3 is 20.8 Å². The molecule has 0 bridgehead atoms. The topological polar surface area (TPSA) is 86.8 Å². The van der Waals surface area contributed by atoms with Gasteiger partial charge in [0.15, 0.2) is 0 Å². The first-order valence-electron chi connectivity index (χ1n) is 6.43. The molecule has 0 heterocycles. The van der Waals surface area contributed by atoms with E-state index in [2.05, 4.69) is 4.90 Å². The van der Waals surface area contributed by atoms with Gasteiger partial charge in [-0.2, -0.15) is 0 Å². The maximum atomic E-state index is 10.7. The van der Waals surface area contributed by atoms with Crippen molar-refractivity contribution in [2.24, 2.45) is 5.73 Å². The lowest BCUT2D eigenvalue weighted by atomic mass is 9.98. The van der Waals surface area contributed by atoms with Crippen molar-refractivity contribution in [3.63, 3.8) is 0 Å². The van der Waals surface area contributed by atoms with E-state index in [-0.39, 0.29) is 13.0 Å². The number of aliphatic carboxylic acids is 1. The summed E-state index contributed by atoms with van der Waals surface area (Å²) in [5.74, 6) is -0.897. The summed E-state index contributed by atoms with van der Waals surface area (Å²) in [4.78, 5) is 12.7. The Hall–Kier alpha value is -1.59. The highest BCUT2D eigenvalue weighted by Crippen LogP contribution is 2.24. The van der Waals surface area contributed by atoms with Gasteiger partial charge in [0.25, 0.3) is 0 Å². The summed E-state index contributed by atoms with van der Waals surface area (Å²) in [6.45, 7) is 5.44. The Balaban J connectivity index is 2.93. The SMILES string of the molecule is CCN(CCO)c1ccc(C(N)CC(=O)O)c(C)c1. The molecule has 0 saturated heterocycles. The number of carboxylic acid groups (broad SMARTS) is 1. The van der Waals surface area contributed by atoms with E-state index in [1.807, 2.05) is 32.0 Å². The molecular weight excluding hydrogens is 244 g/mol. The molecule has 1 atom stereocenters. The van der Waals surface area contributed by atoms with Crippen LogP contribution in [0, 0.1) is 6.92 Å². The molecule has 1 aromatic rings. The fourth-order valence-electron chi connectivity index (χ4n) is 2.16. The van der Waals surface area contributed by atoms with Crippen molar-refractivity contribution >= 4 is 11.7 Å². The second-order valence-corrected chi connectivity index (χ2v) is 4.55. The molecule has 0 aliphatic carbocycles. The number of rotatable bonds is 7. The Morgan fingerprint density at radius 1 is 1.47 bits per heavy atom. The van der Waals surface area contributed by atoms with Gasteiger partial charge in [0, 0.05) is 24.8 Å². The highest BCUT2D eigenvalue weighted by atomic mass is 16.4. The molecule has 5 heteroatoms. The van der Waals surface area contributed by atoms with E-state index in [1.165, 1.54) is 0 Å². The first-order chi connectivity index (χ1) is 8.99. The van der Waals surface area contributed by atoms with Crippen LogP contribution in [0.25, 0.3) is 0 Å². The summed E-state index contributed by atoms with van der Waals surface area (Å²) in [5, 5.41) is 17.8. The first kappa shape index (κ1) is 15.5. The quantitative estimate of drug-likeness (QED) is 0.692. The van der Waals surface area contributed by atoms with Crippen LogP contribution in [0.2, 0.25) is 0 Å². The molecule has 0 aromatic heterocycles. The molecule has 1 unspecified atom stereocenters. The Kier molecular flexibility index (Phi) is 5.79. The first-order valence-corrected chi connectivity index (χ1v) is 6.43. The Bertz CT molecular complexity index is 435. The number of benzene rings is 1. The number of anilines is 1. The Morgan fingerprint density at radius 3 is 2.63 bits per heavy atom. The minimum atomic E-state index is -0.897. The number of carbonyl (C=O) groups is 1. The molecular formula is C14H22N2O3. The van der Waals surface area contributed by atoms with Gasteiger partial charge in [-0.25, -0.2) is 0 Å². The number of aliphatic hydroxyl groups excluding tert-OH is 1. The number of aliphatic hydroxyl groups is 1. The van der Waals surface area contributed by atoms with E-state index < -0.39 is 12.0 Å². The summed E-state index contributed by atoms with van der Waals surface area (Å²) in [7, 11) is 0. The van der Waals surface area contributed by atoms with Crippen LogP contribution in [0.4, 0.5) is 5.69 Å². The number of aryl methyl sites for hydroxylation is 1. The average Bonchev–Trinajstić information content (AvgIpc) is 2.34. The second-order valence-electron chi connectivity index (χ2n) is 4.55. The summed E-state index contributed by atoms with van der Waals surface area (Å²) < 4.78 is 0. The fraction of sp³-hybridized carbons (Fsp3) is 0.500. The van der Waals surface area contributed by atoms with E-state index >= 15 is 0 Å². The second kappa shape index (κ2) is 7.11. The molecule has 0 fully saturated rings. The van der Waals surface area contributed by atoms with E-state index in [0.29, 0.717) is 6.54 Å². The van der Waals surface area contributed by atoms with Crippen LogP contribution in [-0.2, 0) is 4.79 Å². The van der Waals surface area contributed by atoms with Crippen molar-refractivity contribution in [2.45, 2.75) is 26.3 Å². The third-order valence-corrected chi connectivity index (χ3v) is 3.16. The highest BCUT2D eigenvalue weighted by molar-refractivity contribution is 5.68. The zero-order valence-electron chi connectivity index (χ0n) is 11.5. The van der Waals surface area contributed by atoms with Gasteiger partial charge in [0.1, 0.15) is 0 Å². The van der Waals surface area contributed by atoms with Crippen molar-refractivity contribution in [1.29, 1.82) is 0 Å². The molecule has 5 nitrogen and oxygen atoms in total. The lowest BCUT2D eigenvalue weighted by molar-refractivity contribution is -0.137. The normalized spacial score (nSPS) is 12.2. The van der Waals surface area contributed by atoms with Crippen molar-refractivity contribution < 1.29 is 15.0 Å². The van der Waals surface area contributed by atoms with Crippen molar-refractivity contribution in [2.75, 3.05) is 24.6 Å². The summed E-state index contributed by atoms with van der Waals surface area (Å²) in [6, 6.07) is 5.29. The van der Waals surface area contributed by atoms with Crippen molar-refractivity contribution in [3.05, 3.63) is 29.3 Å². The number of hydrogen-bond donors (Lipinski definition) is 3. The molecule has 0 saturated carbocycles. The zero-order chi connectivity index (χ0) is 14.4. The van der Waals surface area contributed by atoms with Crippen LogP contribution in [0.1, 0.15) is 30.5 Å². The molecule has 1 aromatic carbocycles. The number of nitrogens with zero attached hydrogens (tertiary/aromatic N) is 1. The minimum Gasteiger partial charge on any atom is -0.481 e. The van der Waals surface area contributed by atoms with E-state index in [4.69, 9.17) is 15.9 Å². The van der Waals surface area contributed by atoms with Gasteiger partial charge in [0.2, 0.25) is 0 Å². The third-order valence-electron chi connectivity index (χ3n) is 3.16. The Morgan fingerprint density at radius 2 is 2.16 bits per heavy atom. The predicted molar refractivity (Wildman–Crippen MR) is 75.3 cm³/mol. The van der Waals surface area contributed by atoms with Crippen molar-refractivity contribution in [3.8, 4) is 0 Å². The van der Waals surface area contributed by atoms with Crippen LogP contribution in [0.3, 0.4) is 0 Å². The standard InChI is InChI=1S/C14H22N2O3/c1-3-16(6-7-17)11-4-5-12(10(2)8-11)13(15)9-14(18)19/h4-5,8,13,17H,3,6-7,9,15H2,1-2H3,(H,18,19). The van der Waals surface area contributed by atoms with Crippen LogP contribution in [0.15, 0.2) is 18.2 Å². The largest absolute Gasteiger partial charge is 0.481 e. The van der Waals surface area contributed by atoms with Gasteiger partial charge in [-0.1, -0.05) is 6.07 Å². The number of carboxylic acids is 1. The van der Waals surface area contributed by atoms with E-state index in [0.717, 1.165) is 23.4 Å². The van der Waals surface area contributed by atoms with Gasteiger partial charge in [-0.05, 0) is 37.1 Å². The number of likely N-dealkylation sites (N-methyl/N-ethyl adjacent to an activating group) is 1. The highest BCUT2D eigenvalue weighted by Gasteiger charge is 2.14. The molecule has 0 spiro atoms. The molecule has 1 rings (SSSR count). The fourth-order valence-corrected chi connectivity index (χ4v) is 2.16. The van der Waals surface area contributed by atoms with Crippen LogP contribution < -0.4 is 10.6 Å². The lowest BCUT2D eigenvalue weighted by Crippen LogP contribution is -2.26. The molecule has 0 amide bonds. The minimum absolute atomic E-state index is 0.0751. The summed E-state index contributed by atoms with van der Waals surface area (Å²) in [5.41, 5.74) is 8.72. The van der Waals surface area contributed by atoms with Crippen LogP contribution in [-0.4, -0.2) is 35.9 Å². The summed E-state index contributed by atoms with van der Waals surface area (Å²) in [6.07, 6.45) is -0.0751. The van der Waals surface area contributed by atoms with Crippen LogP contribution in [0.5, 0.6) is 0 Å². The molecule has 19 heavy (non-hydrogen) atoms. The van der Waals surface area contributed by atoms with Crippen LogP contribution >= 0.6 is 0 Å². The van der Waals surface area contributed by atoms with Crippen molar-refractivity contribution in [1.82, 2.24) is 0 Å². The molecule has 106 valence electrons. The van der Waals surface area contributed by atoms with E-state index in [9.17, 15) is 4.79 Å².